The van der Waals surface area contributed by atoms with Gasteiger partial charge in [-0.15, -0.1) is 0 Å². The van der Waals surface area contributed by atoms with Crippen LogP contribution in [-0.4, -0.2) is 19.1 Å². The van der Waals surface area contributed by atoms with Crippen LogP contribution in [0, 0.1) is 5.82 Å². The molecular weight excluding hydrogens is 191 g/mol. The van der Waals surface area contributed by atoms with Gasteiger partial charge in [0.2, 0.25) is 0 Å². The van der Waals surface area contributed by atoms with Gasteiger partial charge in [0.25, 0.3) is 0 Å². The molecule has 0 unspecified atom stereocenters. The van der Waals surface area contributed by atoms with Gasteiger partial charge in [-0.2, -0.15) is 0 Å². The normalized spacial score (nSPS) is 11.5. The quantitative estimate of drug-likeness (QED) is 0.826. The second kappa shape index (κ2) is 4.62. The molecule has 3 heteroatoms. The van der Waals surface area contributed by atoms with Crippen LogP contribution in [0.15, 0.2) is 24.3 Å². The summed E-state index contributed by atoms with van der Waals surface area (Å²) in [6, 6.07) is 6.80. The molecule has 0 amide bonds. The van der Waals surface area contributed by atoms with Gasteiger partial charge in [0.05, 0.1) is 5.69 Å². The van der Waals surface area contributed by atoms with Crippen molar-refractivity contribution in [2.75, 3.05) is 18.5 Å². The van der Waals surface area contributed by atoms with E-state index >= 15 is 0 Å². The molecule has 0 aromatic heterocycles. The van der Waals surface area contributed by atoms with Crippen LogP contribution in [0.1, 0.15) is 20.3 Å². The molecule has 0 heterocycles. The van der Waals surface area contributed by atoms with Crippen LogP contribution in [0.5, 0.6) is 0 Å². The van der Waals surface area contributed by atoms with Crippen LogP contribution in [0.2, 0.25) is 0 Å². The average Bonchev–Trinajstić information content (AvgIpc) is 2.17. The van der Waals surface area contributed by atoms with Gasteiger partial charge in [-0.25, -0.2) is 4.39 Å². The van der Waals surface area contributed by atoms with E-state index in [9.17, 15) is 4.39 Å². The van der Waals surface area contributed by atoms with Crippen LogP contribution in [0.25, 0.3) is 0 Å². The van der Waals surface area contributed by atoms with Crippen molar-refractivity contribution in [2.24, 2.45) is 5.73 Å². The summed E-state index contributed by atoms with van der Waals surface area (Å²) in [5, 5.41) is 0. The summed E-state index contributed by atoms with van der Waals surface area (Å²) in [7, 11) is 1.90. The number of halogens is 1. The Morgan fingerprint density at radius 3 is 2.47 bits per heavy atom. The predicted octanol–water partition coefficient (Wildman–Crippen LogP) is 2.39. The monoisotopic (exact) mass is 210 g/mol. The zero-order valence-electron chi connectivity index (χ0n) is 9.63. The molecule has 0 saturated heterocycles. The van der Waals surface area contributed by atoms with E-state index in [2.05, 4.69) is 13.8 Å². The molecule has 2 N–H and O–H groups in total. The van der Waals surface area contributed by atoms with Crippen LogP contribution >= 0.6 is 0 Å². The summed E-state index contributed by atoms with van der Waals surface area (Å²) in [5.41, 5.74) is 6.04. The van der Waals surface area contributed by atoms with Gasteiger partial charge < -0.3 is 10.6 Å². The molecule has 1 aromatic rings. The number of hydrogen-bond acceptors (Lipinski definition) is 2. The van der Waals surface area contributed by atoms with Crippen molar-refractivity contribution >= 4 is 5.69 Å². The highest BCUT2D eigenvalue weighted by Crippen LogP contribution is 2.26. The van der Waals surface area contributed by atoms with Gasteiger partial charge in [0, 0.05) is 12.6 Å². The largest absolute Gasteiger partial charge is 0.367 e. The number of hydrogen-bond donors (Lipinski definition) is 1. The van der Waals surface area contributed by atoms with E-state index in [0.717, 1.165) is 6.42 Å². The van der Waals surface area contributed by atoms with E-state index < -0.39 is 0 Å². The van der Waals surface area contributed by atoms with Crippen molar-refractivity contribution in [3.63, 3.8) is 0 Å². The highest BCUT2D eigenvalue weighted by atomic mass is 19.1. The fourth-order valence-corrected chi connectivity index (χ4v) is 1.57. The van der Waals surface area contributed by atoms with Crippen molar-refractivity contribution in [2.45, 2.75) is 25.8 Å². The number of nitrogens with zero attached hydrogens (tertiary/aromatic N) is 1. The molecule has 0 aliphatic carbocycles. The standard InChI is InChI=1S/C12H19FN2/c1-12(2,8-9-14)15(3)11-7-5-4-6-10(11)13/h4-7H,8-9,14H2,1-3H3. The summed E-state index contributed by atoms with van der Waals surface area (Å²) < 4.78 is 13.5. The number of para-hydroxylation sites is 1. The van der Waals surface area contributed by atoms with Crippen molar-refractivity contribution in [1.82, 2.24) is 0 Å². The number of benzene rings is 1. The maximum Gasteiger partial charge on any atom is 0.146 e. The minimum atomic E-state index is -0.190. The van der Waals surface area contributed by atoms with E-state index in [1.54, 1.807) is 12.1 Å². The van der Waals surface area contributed by atoms with Crippen LogP contribution in [0.4, 0.5) is 10.1 Å². The zero-order chi connectivity index (χ0) is 11.5. The first-order valence-corrected chi connectivity index (χ1v) is 5.17. The van der Waals surface area contributed by atoms with Crippen molar-refractivity contribution in [1.29, 1.82) is 0 Å². The minimum absolute atomic E-state index is 0.128. The third-order valence-electron chi connectivity index (χ3n) is 2.88. The van der Waals surface area contributed by atoms with Gasteiger partial charge in [-0.1, -0.05) is 12.1 Å². The Kier molecular flexibility index (Phi) is 3.69. The number of nitrogens with two attached hydrogens (primary N) is 1. The number of rotatable bonds is 4. The summed E-state index contributed by atoms with van der Waals surface area (Å²) in [6.07, 6.45) is 0.831. The van der Waals surface area contributed by atoms with Gasteiger partial charge in [0.15, 0.2) is 0 Å². The third kappa shape index (κ3) is 2.69. The zero-order valence-corrected chi connectivity index (χ0v) is 9.63. The molecule has 0 radical (unpaired) electrons. The SMILES string of the molecule is CN(c1ccccc1F)C(C)(C)CCN. The highest BCUT2D eigenvalue weighted by Gasteiger charge is 2.24. The molecule has 1 rings (SSSR count). The van der Waals surface area contributed by atoms with Crippen LogP contribution < -0.4 is 10.6 Å². The Hall–Kier alpha value is -1.09. The lowest BCUT2D eigenvalue weighted by Gasteiger charge is -2.37. The van der Waals surface area contributed by atoms with Gasteiger partial charge in [0.1, 0.15) is 5.82 Å². The molecular formula is C12H19FN2. The molecule has 0 bridgehead atoms. The Balaban J connectivity index is 2.93. The van der Waals surface area contributed by atoms with Crippen molar-refractivity contribution in [3.05, 3.63) is 30.1 Å². The van der Waals surface area contributed by atoms with Gasteiger partial charge >= 0.3 is 0 Å². The van der Waals surface area contributed by atoms with Crippen LogP contribution in [0.3, 0.4) is 0 Å². The third-order valence-corrected chi connectivity index (χ3v) is 2.88. The lowest BCUT2D eigenvalue weighted by atomic mass is 9.98. The molecule has 0 saturated carbocycles. The predicted molar refractivity (Wildman–Crippen MR) is 62.6 cm³/mol. The molecule has 84 valence electrons. The molecule has 0 spiro atoms. The molecule has 0 aliphatic heterocycles. The Labute approximate surface area is 90.9 Å². The van der Waals surface area contributed by atoms with E-state index in [1.165, 1.54) is 6.07 Å². The first kappa shape index (κ1) is 12.0. The summed E-state index contributed by atoms with van der Waals surface area (Å²) in [5.74, 6) is -0.190. The molecule has 2 nitrogen and oxygen atoms in total. The van der Waals surface area contributed by atoms with Gasteiger partial charge in [-0.3, -0.25) is 0 Å². The van der Waals surface area contributed by atoms with E-state index in [0.29, 0.717) is 12.2 Å². The van der Waals surface area contributed by atoms with E-state index in [1.807, 2.05) is 18.0 Å². The number of anilines is 1. The lowest BCUT2D eigenvalue weighted by Crippen LogP contribution is -2.43. The Bertz CT molecular complexity index is 323. The maximum absolute atomic E-state index is 13.5. The molecule has 0 aliphatic rings. The molecule has 0 fully saturated rings. The Morgan fingerprint density at radius 1 is 1.33 bits per heavy atom. The fourth-order valence-electron chi connectivity index (χ4n) is 1.57. The van der Waals surface area contributed by atoms with Gasteiger partial charge in [-0.05, 0) is 38.9 Å². The fraction of sp³-hybridized carbons (Fsp3) is 0.500. The summed E-state index contributed by atoms with van der Waals surface area (Å²) >= 11 is 0. The van der Waals surface area contributed by atoms with E-state index in [4.69, 9.17) is 5.73 Å². The first-order valence-electron chi connectivity index (χ1n) is 5.17. The smallest absolute Gasteiger partial charge is 0.146 e. The maximum atomic E-state index is 13.5. The molecule has 1 aromatic carbocycles. The lowest BCUT2D eigenvalue weighted by molar-refractivity contribution is 0.449. The molecule has 15 heavy (non-hydrogen) atoms. The van der Waals surface area contributed by atoms with E-state index in [-0.39, 0.29) is 11.4 Å². The summed E-state index contributed by atoms with van der Waals surface area (Å²) in [6.45, 7) is 4.73. The topological polar surface area (TPSA) is 29.3 Å². The van der Waals surface area contributed by atoms with Crippen molar-refractivity contribution < 1.29 is 4.39 Å². The molecule has 0 atom stereocenters. The van der Waals surface area contributed by atoms with Crippen LogP contribution in [-0.2, 0) is 0 Å². The first-order chi connectivity index (χ1) is 6.99. The second-order valence-electron chi connectivity index (χ2n) is 4.36. The average molecular weight is 210 g/mol. The Morgan fingerprint density at radius 2 is 1.93 bits per heavy atom. The minimum Gasteiger partial charge on any atom is -0.367 e. The highest BCUT2D eigenvalue weighted by molar-refractivity contribution is 5.49. The van der Waals surface area contributed by atoms with Crippen molar-refractivity contribution in [3.8, 4) is 0 Å². The summed E-state index contributed by atoms with van der Waals surface area (Å²) in [4.78, 5) is 1.94. The second-order valence-corrected chi connectivity index (χ2v) is 4.36.